The molecule has 0 radical (unpaired) electrons. The second-order valence-electron chi connectivity index (χ2n) is 12.0. The number of nitrogens with one attached hydrogen (secondary N) is 3. The molecule has 4 rings (SSSR count). The molecule has 2 aliphatic carbocycles. The Morgan fingerprint density at radius 3 is 2.31 bits per heavy atom. The van der Waals surface area contributed by atoms with E-state index in [2.05, 4.69) is 16.0 Å². The smallest absolute Gasteiger partial charge is 0.306 e. The lowest BCUT2D eigenvalue weighted by molar-refractivity contribution is -0.144. The Morgan fingerprint density at radius 2 is 1.69 bits per heavy atom. The maximum atomic E-state index is 13.7. The molecule has 2 atom stereocenters. The summed E-state index contributed by atoms with van der Waals surface area (Å²) in [4.78, 5) is 51.3. The van der Waals surface area contributed by atoms with Crippen molar-refractivity contribution in [1.82, 2.24) is 10.6 Å². The van der Waals surface area contributed by atoms with Gasteiger partial charge >= 0.3 is 5.97 Å². The maximum Gasteiger partial charge on any atom is 0.306 e. The zero-order valence-electron chi connectivity index (χ0n) is 27.1. The Labute approximate surface area is 264 Å². The first-order valence-electron chi connectivity index (χ1n) is 15.4. The van der Waals surface area contributed by atoms with Crippen LogP contribution in [0.5, 0.6) is 17.2 Å². The number of benzene rings is 1. The third-order valence-corrected chi connectivity index (χ3v) is 8.98. The molecule has 0 aliphatic heterocycles. The average Bonchev–Trinajstić information content (AvgIpc) is 3.27. The van der Waals surface area contributed by atoms with Gasteiger partial charge in [0.2, 0.25) is 23.0 Å². The van der Waals surface area contributed by atoms with E-state index in [4.69, 9.17) is 18.9 Å². The molecule has 11 heteroatoms. The van der Waals surface area contributed by atoms with E-state index in [1.165, 1.54) is 27.2 Å². The van der Waals surface area contributed by atoms with Crippen molar-refractivity contribution in [2.75, 3.05) is 40.3 Å². The van der Waals surface area contributed by atoms with Gasteiger partial charge < -0.3 is 34.9 Å². The quantitative estimate of drug-likeness (QED) is 0.313. The highest BCUT2D eigenvalue weighted by molar-refractivity contribution is 5.86. The standard InChI is InChI=1S/C34H45N3O8/c1-20(33(41)35-19-34(18-29(40)43-4)14-8-7-9-15-34)36-26-13-11-23-24(17-27(26)39)25(37-21(2)38)12-10-22-16-28(42-3)31(44-5)32(45-6)30(22)23/h11,13,16-17,20,25H,7-10,12,14-15,18-19H2,1-6H3,(H,35,41)(H,36,39)(H,37,38). The predicted octanol–water partition coefficient (Wildman–Crippen LogP) is 4.29. The monoisotopic (exact) mass is 623 g/mol. The molecule has 2 unspecified atom stereocenters. The molecule has 0 spiro atoms. The van der Waals surface area contributed by atoms with Gasteiger partial charge in [-0.25, -0.2) is 0 Å². The summed E-state index contributed by atoms with van der Waals surface area (Å²) in [5.41, 5.74) is 2.56. The minimum absolute atomic E-state index is 0.218. The number of fused-ring (bicyclic) bond motifs is 3. The van der Waals surface area contributed by atoms with Crippen molar-refractivity contribution in [2.45, 2.75) is 77.3 Å². The number of amides is 2. The minimum atomic E-state index is -0.740. The number of esters is 1. The van der Waals surface area contributed by atoms with Crippen LogP contribution in [-0.2, 0) is 25.5 Å². The highest BCUT2D eigenvalue weighted by atomic mass is 16.5. The van der Waals surface area contributed by atoms with Gasteiger partial charge in [0.25, 0.3) is 0 Å². The Bertz CT molecular complexity index is 1480. The fourth-order valence-corrected chi connectivity index (χ4v) is 6.65. The molecule has 0 saturated heterocycles. The zero-order chi connectivity index (χ0) is 32.7. The summed E-state index contributed by atoms with van der Waals surface area (Å²) in [6.07, 6.45) is 6.16. The zero-order valence-corrected chi connectivity index (χ0v) is 27.1. The summed E-state index contributed by atoms with van der Waals surface area (Å²) >= 11 is 0. The molecule has 1 saturated carbocycles. The van der Waals surface area contributed by atoms with Crippen LogP contribution in [0.25, 0.3) is 11.1 Å². The van der Waals surface area contributed by atoms with E-state index in [0.29, 0.717) is 47.8 Å². The SMILES string of the molecule is COC(=O)CC1(CNC(=O)C(C)Nc2ccc3c(cc2=O)C(NC(C)=O)CCc2cc(OC)c(OC)c(OC)c2-3)CCCCC1. The van der Waals surface area contributed by atoms with Crippen molar-refractivity contribution in [3.8, 4) is 28.4 Å². The molecule has 1 fully saturated rings. The number of rotatable bonds is 11. The lowest BCUT2D eigenvalue weighted by Gasteiger charge is -2.36. The summed E-state index contributed by atoms with van der Waals surface area (Å²) in [6.45, 7) is 3.49. The summed E-state index contributed by atoms with van der Waals surface area (Å²) in [7, 11) is 6.02. The molecule has 2 aromatic rings. The van der Waals surface area contributed by atoms with Crippen LogP contribution in [0.15, 0.2) is 29.1 Å². The molecular formula is C34H45N3O8. The Hall–Kier alpha value is -4.28. The number of hydrogen-bond donors (Lipinski definition) is 3. The lowest BCUT2D eigenvalue weighted by Crippen LogP contribution is -2.45. The highest BCUT2D eigenvalue weighted by Gasteiger charge is 2.36. The molecule has 0 aromatic heterocycles. The van der Waals surface area contributed by atoms with Gasteiger partial charge in [-0.15, -0.1) is 0 Å². The number of carbonyl (C=O) groups is 3. The number of carbonyl (C=O) groups excluding carboxylic acids is 3. The average molecular weight is 624 g/mol. The maximum absolute atomic E-state index is 13.7. The van der Waals surface area contributed by atoms with E-state index in [1.54, 1.807) is 27.2 Å². The van der Waals surface area contributed by atoms with Crippen LogP contribution in [0, 0.1) is 5.41 Å². The van der Waals surface area contributed by atoms with E-state index in [9.17, 15) is 19.2 Å². The van der Waals surface area contributed by atoms with Gasteiger partial charge in [0, 0.05) is 19.0 Å². The molecule has 2 aromatic carbocycles. The van der Waals surface area contributed by atoms with Gasteiger partial charge in [0.15, 0.2) is 11.5 Å². The van der Waals surface area contributed by atoms with Gasteiger partial charge in [0.1, 0.15) is 6.04 Å². The normalized spacial score (nSPS) is 17.3. The number of anilines is 1. The summed E-state index contributed by atoms with van der Waals surface area (Å²) in [5.74, 6) is 0.615. The number of ether oxygens (including phenoxy) is 4. The van der Waals surface area contributed by atoms with Crippen molar-refractivity contribution >= 4 is 23.5 Å². The molecule has 11 nitrogen and oxygen atoms in total. The van der Waals surface area contributed by atoms with Crippen molar-refractivity contribution in [3.05, 3.63) is 45.6 Å². The molecule has 244 valence electrons. The van der Waals surface area contributed by atoms with Crippen LogP contribution in [0.1, 0.15) is 76.0 Å². The van der Waals surface area contributed by atoms with Gasteiger partial charge in [-0.1, -0.05) is 25.3 Å². The second kappa shape index (κ2) is 14.7. The largest absolute Gasteiger partial charge is 0.493 e. The Kier molecular flexibility index (Phi) is 11.0. The summed E-state index contributed by atoms with van der Waals surface area (Å²) in [6, 6.07) is 5.69. The lowest BCUT2D eigenvalue weighted by atomic mass is 9.71. The fourth-order valence-electron chi connectivity index (χ4n) is 6.65. The summed E-state index contributed by atoms with van der Waals surface area (Å²) in [5, 5.41) is 9.10. The first-order chi connectivity index (χ1) is 21.6. The molecule has 0 heterocycles. The number of aryl methyl sites for hydroxylation is 1. The number of methoxy groups -OCH3 is 4. The van der Waals surface area contributed by atoms with E-state index in [1.807, 2.05) is 12.1 Å². The van der Waals surface area contributed by atoms with E-state index in [-0.39, 0.29) is 40.7 Å². The Balaban J connectivity index is 1.68. The van der Waals surface area contributed by atoms with Gasteiger partial charge in [-0.3, -0.25) is 19.2 Å². The fraction of sp³-hybridized carbons (Fsp3) is 0.529. The van der Waals surface area contributed by atoms with Crippen LogP contribution < -0.4 is 35.6 Å². The molecule has 0 bridgehead atoms. The van der Waals surface area contributed by atoms with Gasteiger partial charge in [-0.05, 0) is 72.9 Å². The molecule has 45 heavy (non-hydrogen) atoms. The van der Waals surface area contributed by atoms with Gasteiger partial charge in [-0.2, -0.15) is 0 Å². The molecule has 2 amide bonds. The summed E-state index contributed by atoms with van der Waals surface area (Å²) < 4.78 is 22.0. The molecule has 3 N–H and O–H groups in total. The Morgan fingerprint density at radius 1 is 0.978 bits per heavy atom. The van der Waals surface area contributed by atoms with Crippen molar-refractivity contribution in [1.29, 1.82) is 0 Å². The van der Waals surface area contributed by atoms with Crippen LogP contribution in [-0.4, -0.2) is 58.8 Å². The van der Waals surface area contributed by atoms with Gasteiger partial charge in [0.05, 0.1) is 46.6 Å². The molecule has 2 aliphatic rings. The van der Waals surface area contributed by atoms with Crippen LogP contribution in [0.2, 0.25) is 0 Å². The van der Waals surface area contributed by atoms with Crippen molar-refractivity contribution in [2.24, 2.45) is 5.41 Å². The first kappa shape index (κ1) is 33.6. The first-order valence-corrected chi connectivity index (χ1v) is 15.4. The van der Waals surface area contributed by atoms with E-state index < -0.39 is 12.1 Å². The van der Waals surface area contributed by atoms with Crippen LogP contribution >= 0.6 is 0 Å². The second-order valence-corrected chi connectivity index (χ2v) is 12.0. The minimum Gasteiger partial charge on any atom is -0.493 e. The van der Waals surface area contributed by atoms with E-state index >= 15 is 0 Å². The number of hydrogen-bond acceptors (Lipinski definition) is 9. The third kappa shape index (κ3) is 7.51. The van der Waals surface area contributed by atoms with Crippen LogP contribution in [0.4, 0.5) is 5.69 Å². The van der Waals surface area contributed by atoms with E-state index in [0.717, 1.165) is 43.2 Å². The third-order valence-electron chi connectivity index (χ3n) is 8.98. The van der Waals surface area contributed by atoms with Crippen LogP contribution in [0.3, 0.4) is 0 Å². The molecular weight excluding hydrogens is 578 g/mol. The van der Waals surface area contributed by atoms with Crippen molar-refractivity contribution in [3.63, 3.8) is 0 Å². The van der Waals surface area contributed by atoms with Crippen molar-refractivity contribution < 1.29 is 33.3 Å². The highest BCUT2D eigenvalue weighted by Crippen LogP contribution is 2.50. The topological polar surface area (TPSA) is 141 Å². The predicted molar refractivity (Wildman–Crippen MR) is 171 cm³/mol.